The van der Waals surface area contributed by atoms with E-state index in [1.807, 2.05) is 48.5 Å². The molecule has 5 rings (SSSR count). The average Bonchev–Trinajstić information content (AvgIpc) is 3.50. The Morgan fingerprint density at radius 2 is 1.77 bits per heavy atom. The minimum atomic E-state index is -0.495. The molecule has 31 heavy (non-hydrogen) atoms. The van der Waals surface area contributed by atoms with Crippen LogP contribution in [0, 0.1) is 0 Å². The number of benzene rings is 3. The molecule has 0 atom stereocenters. The van der Waals surface area contributed by atoms with Gasteiger partial charge in [-0.2, -0.15) is 0 Å². The van der Waals surface area contributed by atoms with Crippen molar-refractivity contribution in [3.05, 3.63) is 71.8 Å². The second kappa shape index (κ2) is 7.65. The number of nitrogens with one attached hydrogen (secondary N) is 1. The summed E-state index contributed by atoms with van der Waals surface area (Å²) in [6, 6.07) is 20.0. The van der Waals surface area contributed by atoms with Crippen molar-refractivity contribution in [2.75, 3.05) is 19.2 Å². The predicted octanol–water partition coefficient (Wildman–Crippen LogP) is 5.32. The number of carbonyl (C=O) groups excluding carboxylic acids is 1. The molecule has 3 aromatic carbocycles. The fourth-order valence-electron chi connectivity index (χ4n) is 4.22. The van der Waals surface area contributed by atoms with E-state index in [9.17, 15) is 4.79 Å². The first-order valence-electron chi connectivity index (χ1n) is 10.6. The van der Waals surface area contributed by atoms with Gasteiger partial charge in [-0.15, -0.1) is 0 Å². The van der Waals surface area contributed by atoms with Crippen LogP contribution in [0.25, 0.3) is 11.1 Å². The van der Waals surface area contributed by atoms with Crippen molar-refractivity contribution in [1.29, 1.82) is 0 Å². The molecule has 5 nitrogen and oxygen atoms in total. The van der Waals surface area contributed by atoms with E-state index in [-0.39, 0.29) is 12.7 Å². The highest BCUT2D eigenvalue weighted by molar-refractivity contribution is 6.02. The van der Waals surface area contributed by atoms with Crippen LogP contribution in [0.3, 0.4) is 0 Å². The van der Waals surface area contributed by atoms with Gasteiger partial charge in [0.15, 0.2) is 11.5 Å². The Labute approximate surface area is 182 Å². The van der Waals surface area contributed by atoms with Crippen LogP contribution in [0.4, 0.5) is 5.69 Å². The van der Waals surface area contributed by atoms with Gasteiger partial charge in [-0.3, -0.25) is 4.79 Å². The van der Waals surface area contributed by atoms with Gasteiger partial charge in [0.05, 0.1) is 12.5 Å². The summed E-state index contributed by atoms with van der Waals surface area (Å²) in [5.74, 6) is 2.30. The minimum absolute atomic E-state index is 0.0243. The fourth-order valence-corrected chi connectivity index (χ4v) is 4.22. The van der Waals surface area contributed by atoms with Crippen molar-refractivity contribution in [1.82, 2.24) is 0 Å². The molecule has 1 amide bonds. The van der Waals surface area contributed by atoms with Crippen molar-refractivity contribution < 1.29 is 19.0 Å². The summed E-state index contributed by atoms with van der Waals surface area (Å²) in [6.07, 6.45) is 2.57. The normalized spacial score (nSPS) is 15.4. The highest BCUT2D eigenvalue weighted by Crippen LogP contribution is 2.51. The van der Waals surface area contributed by atoms with Gasteiger partial charge in [-0.1, -0.05) is 31.2 Å². The summed E-state index contributed by atoms with van der Waals surface area (Å²) in [5, 5.41) is 3.16. The van der Waals surface area contributed by atoms with Crippen LogP contribution in [0.5, 0.6) is 17.2 Å². The van der Waals surface area contributed by atoms with Gasteiger partial charge in [0.1, 0.15) is 5.75 Å². The molecule has 0 bridgehead atoms. The Balaban J connectivity index is 1.41. The summed E-state index contributed by atoms with van der Waals surface area (Å²) in [5.41, 5.74) is 4.75. The lowest BCUT2D eigenvalue weighted by atomic mass is 9.93. The zero-order chi connectivity index (χ0) is 21.4. The Morgan fingerprint density at radius 1 is 1.00 bits per heavy atom. The number of hydrogen-bond acceptors (Lipinski definition) is 4. The lowest BCUT2D eigenvalue weighted by Gasteiger charge is -2.18. The van der Waals surface area contributed by atoms with Gasteiger partial charge in [0.2, 0.25) is 12.7 Å². The van der Waals surface area contributed by atoms with Gasteiger partial charge in [0.25, 0.3) is 0 Å². The molecule has 1 N–H and O–H groups in total. The maximum Gasteiger partial charge on any atom is 0.235 e. The topological polar surface area (TPSA) is 56.8 Å². The summed E-state index contributed by atoms with van der Waals surface area (Å²) in [4.78, 5) is 13.3. The SMILES string of the molecule is CCc1ccc(NC(=O)C2(c3ccc4c(c3)OCO4)CC2)cc1-c1ccc(OC)cc1. The molecule has 1 aliphatic heterocycles. The predicted molar refractivity (Wildman–Crippen MR) is 120 cm³/mol. The summed E-state index contributed by atoms with van der Waals surface area (Å²) >= 11 is 0. The first kappa shape index (κ1) is 19.5. The summed E-state index contributed by atoms with van der Waals surface area (Å²) in [6.45, 7) is 2.37. The van der Waals surface area contributed by atoms with Crippen LogP contribution in [0.15, 0.2) is 60.7 Å². The van der Waals surface area contributed by atoms with Crippen LogP contribution in [0.1, 0.15) is 30.9 Å². The van der Waals surface area contributed by atoms with Gasteiger partial charge >= 0.3 is 0 Å². The Morgan fingerprint density at radius 3 is 2.48 bits per heavy atom. The average molecular weight is 415 g/mol. The maximum atomic E-state index is 13.3. The van der Waals surface area contributed by atoms with E-state index in [1.165, 1.54) is 5.56 Å². The van der Waals surface area contributed by atoms with Gasteiger partial charge in [-0.25, -0.2) is 0 Å². The zero-order valence-electron chi connectivity index (χ0n) is 17.7. The van der Waals surface area contributed by atoms with E-state index in [0.29, 0.717) is 5.75 Å². The number of aryl methyl sites for hydroxylation is 1. The Bertz CT molecular complexity index is 1130. The van der Waals surface area contributed by atoms with Gasteiger partial charge in [-0.05, 0) is 77.9 Å². The molecule has 0 saturated heterocycles. The molecule has 2 aliphatic rings. The summed E-state index contributed by atoms with van der Waals surface area (Å²) < 4.78 is 16.2. The molecule has 158 valence electrons. The second-order valence-electron chi connectivity index (χ2n) is 8.06. The van der Waals surface area contributed by atoms with Gasteiger partial charge < -0.3 is 19.5 Å². The monoisotopic (exact) mass is 415 g/mol. The second-order valence-corrected chi connectivity index (χ2v) is 8.06. The lowest BCUT2D eigenvalue weighted by Crippen LogP contribution is -2.27. The third-order valence-electron chi connectivity index (χ3n) is 6.26. The molecular formula is C26H25NO4. The van der Waals surface area contributed by atoms with Crippen LogP contribution in [-0.4, -0.2) is 19.8 Å². The Kier molecular flexibility index (Phi) is 4.81. The van der Waals surface area contributed by atoms with Crippen molar-refractivity contribution in [2.45, 2.75) is 31.6 Å². The molecule has 3 aromatic rings. The number of methoxy groups -OCH3 is 1. The number of fused-ring (bicyclic) bond motifs is 1. The zero-order valence-corrected chi connectivity index (χ0v) is 17.7. The molecule has 0 radical (unpaired) electrons. The smallest absolute Gasteiger partial charge is 0.235 e. The quantitative estimate of drug-likeness (QED) is 0.592. The third kappa shape index (κ3) is 3.50. The first-order valence-corrected chi connectivity index (χ1v) is 10.6. The van der Waals surface area contributed by atoms with E-state index >= 15 is 0 Å². The third-order valence-corrected chi connectivity index (χ3v) is 6.26. The molecular weight excluding hydrogens is 390 g/mol. The maximum absolute atomic E-state index is 13.3. The van der Waals surface area contributed by atoms with Crippen LogP contribution in [0.2, 0.25) is 0 Å². The highest BCUT2D eigenvalue weighted by Gasteiger charge is 2.51. The van der Waals surface area contributed by atoms with E-state index in [2.05, 4.69) is 24.4 Å². The molecule has 1 heterocycles. The van der Waals surface area contributed by atoms with Crippen molar-refractivity contribution in [3.8, 4) is 28.4 Å². The number of anilines is 1. The Hall–Kier alpha value is -3.47. The van der Waals surface area contributed by atoms with Crippen LogP contribution >= 0.6 is 0 Å². The van der Waals surface area contributed by atoms with E-state index < -0.39 is 5.41 Å². The number of amides is 1. The molecule has 1 saturated carbocycles. The highest BCUT2D eigenvalue weighted by atomic mass is 16.7. The standard InChI is InChI=1S/C26H25NO4/c1-3-17-4-8-20(15-22(17)18-5-9-21(29-2)10-6-18)27-25(28)26(12-13-26)19-7-11-23-24(14-19)31-16-30-23/h4-11,14-15H,3,12-13,16H2,1-2H3,(H,27,28). The van der Waals surface area contributed by atoms with Crippen molar-refractivity contribution >= 4 is 11.6 Å². The number of ether oxygens (including phenoxy) is 3. The number of carbonyl (C=O) groups is 1. The molecule has 5 heteroatoms. The van der Waals surface area contributed by atoms with Crippen LogP contribution < -0.4 is 19.5 Å². The molecule has 1 fully saturated rings. The lowest BCUT2D eigenvalue weighted by molar-refractivity contribution is -0.118. The van der Waals surface area contributed by atoms with E-state index in [0.717, 1.165) is 53.1 Å². The molecule has 0 spiro atoms. The van der Waals surface area contributed by atoms with Crippen LogP contribution in [-0.2, 0) is 16.6 Å². The minimum Gasteiger partial charge on any atom is -0.497 e. The summed E-state index contributed by atoms with van der Waals surface area (Å²) in [7, 11) is 1.66. The van der Waals surface area contributed by atoms with Crippen molar-refractivity contribution in [3.63, 3.8) is 0 Å². The molecule has 0 aromatic heterocycles. The number of hydrogen-bond donors (Lipinski definition) is 1. The molecule has 1 aliphatic carbocycles. The molecule has 0 unspecified atom stereocenters. The number of rotatable bonds is 6. The van der Waals surface area contributed by atoms with E-state index in [4.69, 9.17) is 14.2 Å². The fraction of sp³-hybridized carbons (Fsp3) is 0.269. The first-order chi connectivity index (χ1) is 15.1. The van der Waals surface area contributed by atoms with Crippen molar-refractivity contribution in [2.24, 2.45) is 0 Å². The largest absolute Gasteiger partial charge is 0.497 e. The van der Waals surface area contributed by atoms with E-state index in [1.54, 1.807) is 7.11 Å². The van der Waals surface area contributed by atoms with Gasteiger partial charge in [0, 0.05) is 5.69 Å².